The van der Waals surface area contributed by atoms with Crippen molar-refractivity contribution in [1.29, 1.82) is 0 Å². The van der Waals surface area contributed by atoms with Gasteiger partial charge in [0.25, 0.3) is 0 Å². The van der Waals surface area contributed by atoms with Gasteiger partial charge in [-0.3, -0.25) is 0 Å². The van der Waals surface area contributed by atoms with Crippen LogP contribution in [0.2, 0.25) is 10.0 Å². The van der Waals surface area contributed by atoms with Crippen molar-refractivity contribution in [2.24, 2.45) is 0 Å². The first kappa shape index (κ1) is 14.5. The maximum absolute atomic E-state index is 11.1. The topological polar surface area (TPSA) is 72.6 Å². The van der Waals surface area contributed by atoms with Crippen LogP contribution < -0.4 is 10.5 Å². The number of carboxylic acid groups (broad SMARTS) is 1. The molecule has 0 aliphatic carbocycles. The van der Waals surface area contributed by atoms with Crippen molar-refractivity contribution >= 4 is 34.9 Å². The number of carbonyl (C=O) groups is 1. The molecule has 2 aromatic rings. The lowest BCUT2D eigenvalue weighted by molar-refractivity contribution is 0.0692. The number of aromatic carboxylic acids is 1. The Morgan fingerprint density at radius 2 is 1.90 bits per heavy atom. The summed E-state index contributed by atoms with van der Waals surface area (Å²) in [6, 6.07) is 9.45. The standard InChI is InChI=1S/C14H11Cl2NO3/c15-11-4-1-8(5-12(11)16)7-20-13-6-9(17)2-3-10(13)14(18)19/h1-6H,7,17H2,(H,18,19). The molecule has 0 saturated carbocycles. The number of hydrogen-bond donors (Lipinski definition) is 2. The van der Waals surface area contributed by atoms with Crippen LogP contribution in [0, 0.1) is 0 Å². The number of carboxylic acids is 1. The normalized spacial score (nSPS) is 10.3. The molecule has 0 saturated heterocycles. The van der Waals surface area contributed by atoms with E-state index in [-0.39, 0.29) is 17.9 Å². The van der Waals surface area contributed by atoms with E-state index in [0.29, 0.717) is 15.7 Å². The van der Waals surface area contributed by atoms with Crippen LogP contribution in [0.4, 0.5) is 5.69 Å². The van der Waals surface area contributed by atoms with Crippen LogP contribution in [0.5, 0.6) is 5.75 Å². The molecule has 0 bridgehead atoms. The number of anilines is 1. The molecular formula is C14H11Cl2NO3. The van der Waals surface area contributed by atoms with E-state index in [1.54, 1.807) is 18.2 Å². The molecule has 0 amide bonds. The minimum atomic E-state index is -1.07. The quantitative estimate of drug-likeness (QED) is 0.841. The molecule has 0 spiro atoms. The molecule has 2 aromatic carbocycles. The third kappa shape index (κ3) is 3.35. The van der Waals surface area contributed by atoms with Crippen molar-refractivity contribution in [2.45, 2.75) is 6.61 Å². The number of nitrogen functional groups attached to an aromatic ring is 1. The first-order valence-electron chi connectivity index (χ1n) is 5.67. The van der Waals surface area contributed by atoms with E-state index < -0.39 is 5.97 Å². The fourth-order valence-electron chi connectivity index (χ4n) is 1.63. The average Bonchev–Trinajstić information content (AvgIpc) is 2.40. The summed E-state index contributed by atoms with van der Waals surface area (Å²) in [5, 5.41) is 9.94. The van der Waals surface area contributed by atoms with Crippen molar-refractivity contribution in [3.63, 3.8) is 0 Å². The smallest absolute Gasteiger partial charge is 0.339 e. The molecule has 0 fully saturated rings. The van der Waals surface area contributed by atoms with Crippen LogP contribution >= 0.6 is 23.2 Å². The van der Waals surface area contributed by atoms with E-state index in [1.165, 1.54) is 18.2 Å². The van der Waals surface area contributed by atoms with Gasteiger partial charge in [-0.15, -0.1) is 0 Å². The third-order valence-corrected chi connectivity index (χ3v) is 3.35. The molecule has 0 atom stereocenters. The van der Waals surface area contributed by atoms with E-state index in [1.807, 2.05) is 0 Å². The number of nitrogens with two attached hydrogens (primary N) is 1. The monoisotopic (exact) mass is 311 g/mol. The van der Waals surface area contributed by atoms with Gasteiger partial charge in [-0.25, -0.2) is 4.79 Å². The number of ether oxygens (including phenoxy) is 1. The number of hydrogen-bond acceptors (Lipinski definition) is 3. The summed E-state index contributed by atoms with van der Waals surface area (Å²) in [5.74, 6) is -0.863. The van der Waals surface area contributed by atoms with Crippen molar-refractivity contribution in [3.05, 3.63) is 57.6 Å². The van der Waals surface area contributed by atoms with E-state index in [2.05, 4.69) is 0 Å². The lowest BCUT2D eigenvalue weighted by Crippen LogP contribution is -2.04. The highest BCUT2D eigenvalue weighted by Crippen LogP contribution is 2.25. The Bertz CT molecular complexity index is 659. The summed E-state index contributed by atoms with van der Waals surface area (Å²) in [6.07, 6.45) is 0. The van der Waals surface area contributed by atoms with E-state index in [4.69, 9.17) is 38.8 Å². The van der Waals surface area contributed by atoms with Crippen molar-refractivity contribution in [3.8, 4) is 5.75 Å². The zero-order valence-electron chi connectivity index (χ0n) is 10.3. The molecule has 0 aliphatic heterocycles. The molecule has 4 nitrogen and oxygen atoms in total. The van der Waals surface area contributed by atoms with Crippen LogP contribution in [0.25, 0.3) is 0 Å². The lowest BCUT2D eigenvalue weighted by Gasteiger charge is -2.10. The van der Waals surface area contributed by atoms with Gasteiger partial charge in [0.1, 0.15) is 17.9 Å². The van der Waals surface area contributed by atoms with Crippen molar-refractivity contribution in [2.75, 3.05) is 5.73 Å². The van der Waals surface area contributed by atoms with Gasteiger partial charge >= 0.3 is 5.97 Å². The van der Waals surface area contributed by atoms with E-state index in [9.17, 15) is 4.79 Å². The van der Waals surface area contributed by atoms with Crippen LogP contribution in [-0.4, -0.2) is 11.1 Å². The average molecular weight is 312 g/mol. The largest absolute Gasteiger partial charge is 0.488 e. The molecule has 2 rings (SSSR count). The van der Waals surface area contributed by atoms with Gasteiger partial charge in [-0.05, 0) is 29.8 Å². The van der Waals surface area contributed by atoms with Crippen LogP contribution in [0.1, 0.15) is 15.9 Å². The van der Waals surface area contributed by atoms with Gasteiger partial charge in [0.15, 0.2) is 0 Å². The minimum Gasteiger partial charge on any atom is -0.488 e. The molecule has 0 heterocycles. The molecule has 0 aromatic heterocycles. The zero-order valence-corrected chi connectivity index (χ0v) is 11.8. The first-order valence-corrected chi connectivity index (χ1v) is 6.42. The highest BCUT2D eigenvalue weighted by Gasteiger charge is 2.12. The fraction of sp³-hybridized carbons (Fsp3) is 0.0714. The first-order chi connectivity index (χ1) is 9.47. The van der Waals surface area contributed by atoms with Gasteiger partial charge in [0, 0.05) is 11.8 Å². The summed E-state index contributed by atoms with van der Waals surface area (Å²) in [6.45, 7) is 0.167. The maximum Gasteiger partial charge on any atom is 0.339 e. The summed E-state index contributed by atoms with van der Waals surface area (Å²) in [5.41, 5.74) is 6.89. The summed E-state index contributed by atoms with van der Waals surface area (Å²) in [4.78, 5) is 11.1. The molecular weight excluding hydrogens is 301 g/mol. The van der Waals surface area contributed by atoms with Crippen LogP contribution in [-0.2, 0) is 6.61 Å². The number of halogens is 2. The maximum atomic E-state index is 11.1. The van der Waals surface area contributed by atoms with E-state index >= 15 is 0 Å². The Hall–Kier alpha value is -1.91. The Morgan fingerprint density at radius 3 is 2.55 bits per heavy atom. The summed E-state index contributed by atoms with van der Waals surface area (Å²) in [7, 11) is 0. The molecule has 20 heavy (non-hydrogen) atoms. The highest BCUT2D eigenvalue weighted by atomic mass is 35.5. The van der Waals surface area contributed by atoms with Crippen molar-refractivity contribution < 1.29 is 14.6 Å². The Balaban J connectivity index is 2.20. The second-order valence-corrected chi connectivity index (χ2v) is 4.91. The molecule has 6 heteroatoms. The third-order valence-electron chi connectivity index (χ3n) is 2.61. The minimum absolute atomic E-state index is 0.0549. The SMILES string of the molecule is Nc1ccc(C(=O)O)c(OCc2ccc(Cl)c(Cl)c2)c1. The summed E-state index contributed by atoms with van der Waals surface area (Å²) >= 11 is 11.7. The Morgan fingerprint density at radius 1 is 1.15 bits per heavy atom. The van der Waals surface area contributed by atoms with Gasteiger partial charge in [-0.1, -0.05) is 29.3 Å². The molecule has 0 unspecified atom stereocenters. The number of rotatable bonds is 4. The second kappa shape index (κ2) is 6.03. The van der Waals surface area contributed by atoms with Crippen LogP contribution in [0.3, 0.4) is 0 Å². The van der Waals surface area contributed by atoms with Gasteiger partial charge < -0.3 is 15.6 Å². The highest BCUT2D eigenvalue weighted by molar-refractivity contribution is 6.42. The van der Waals surface area contributed by atoms with Gasteiger partial charge in [0.2, 0.25) is 0 Å². The second-order valence-electron chi connectivity index (χ2n) is 4.10. The molecule has 0 radical (unpaired) electrons. The fourth-order valence-corrected chi connectivity index (χ4v) is 1.95. The molecule has 104 valence electrons. The number of benzene rings is 2. The molecule has 0 aliphatic rings. The Kier molecular flexibility index (Phi) is 4.37. The Labute approximate surface area is 125 Å². The zero-order chi connectivity index (χ0) is 14.7. The summed E-state index contributed by atoms with van der Waals surface area (Å²) < 4.78 is 5.50. The predicted molar refractivity (Wildman–Crippen MR) is 78.6 cm³/mol. The lowest BCUT2D eigenvalue weighted by atomic mass is 10.2. The van der Waals surface area contributed by atoms with Gasteiger partial charge in [0.05, 0.1) is 10.0 Å². The van der Waals surface area contributed by atoms with Crippen molar-refractivity contribution in [1.82, 2.24) is 0 Å². The van der Waals surface area contributed by atoms with E-state index in [0.717, 1.165) is 5.56 Å². The van der Waals surface area contributed by atoms with Gasteiger partial charge in [-0.2, -0.15) is 0 Å². The molecule has 3 N–H and O–H groups in total. The van der Waals surface area contributed by atoms with Crippen LogP contribution in [0.15, 0.2) is 36.4 Å². The predicted octanol–water partition coefficient (Wildman–Crippen LogP) is 3.85.